The Morgan fingerprint density at radius 2 is 1.26 bits per heavy atom. The van der Waals surface area contributed by atoms with Gasteiger partial charge in [0.25, 0.3) is 0 Å². The molecule has 0 fully saturated rings. The third-order valence-corrected chi connectivity index (χ3v) is 2.88. The Labute approximate surface area is 105 Å². The van der Waals surface area contributed by atoms with E-state index in [1.807, 2.05) is 0 Å². The smallest absolute Gasteiger partial charge is 0.328 e. The largest absolute Gasteiger partial charge is 0.480 e. The van der Waals surface area contributed by atoms with E-state index in [1.165, 1.54) is 0 Å². The lowest BCUT2D eigenvalue weighted by Gasteiger charge is -2.33. The summed E-state index contributed by atoms with van der Waals surface area (Å²) < 4.78 is 65.9. The third-order valence-electron chi connectivity index (χ3n) is 2.88. The molecule has 0 unspecified atom stereocenters. The number of hydrogen-bond donors (Lipinski definition) is 1. The van der Waals surface area contributed by atoms with Crippen molar-refractivity contribution in [3.8, 4) is 0 Å². The number of halogens is 5. The Morgan fingerprint density at radius 3 is 1.58 bits per heavy atom. The minimum absolute atomic E-state index is 0.478. The Kier molecular flexibility index (Phi) is 3.74. The summed E-state index contributed by atoms with van der Waals surface area (Å²) in [6.07, 6.45) is 0. The predicted molar refractivity (Wildman–Crippen MR) is 56.3 cm³/mol. The van der Waals surface area contributed by atoms with Crippen LogP contribution in [0.4, 0.5) is 27.6 Å². The highest BCUT2D eigenvalue weighted by atomic mass is 19.2. The van der Waals surface area contributed by atoms with E-state index in [0.29, 0.717) is 4.90 Å². The van der Waals surface area contributed by atoms with E-state index in [-0.39, 0.29) is 0 Å². The van der Waals surface area contributed by atoms with Gasteiger partial charge in [0, 0.05) is 7.05 Å². The third kappa shape index (κ3) is 2.22. The average Bonchev–Trinajstić information content (AvgIpc) is 2.33. The summed E-state index contributed by atoms with van der Waals surface area (Å²) in [4.78, 5) is 11.4. The van der Waals surface area contributed by atoms with Crippen LogP contribution in [0, 0.1) is 29.1 Å². The zero-order valence-corrected chi connectivity index (χ0v) is 10.2. The van der Waals surface area contributed by atoms with Gasteiger partial charge in [0.05, 0.1) is 0 Å². The highest BCUT2D eigenvalue weighted by Gasteiger charge is 2.38. The molecule has 1 aromatic rings. The van der Waals surface area contributed by atoms with Gasteiger partial charge in [-0.3, -0.25) is 0 Å². The number of carbonyl (C=O) groups is 1. The van der Waals surface area contributed by atoms with Crippen LogP contribution < -0.4 is 4.90 Å². The van der Waals surface area contributed by atoms with Gasteiger partial charge in [0.1, 0.15) is 11.2 Å². The Balaban J connectivity index is 3.57. The molecule has 0 atom stereocenters. The fourth-order valence-electron chi connectivity index (χ4n) is 1.31. The Bertz CT molecular complexity index is 515. The van der Waals surface area contributed by atoms with Gasteiger partial charge in [-0.15, -0.1) is 0 Å². The molecule has 0 radical (unpaired) electrons. The molecule has 0 saturated heterocycles. The second-order valence-corrected chi connectivity index (χ2v) is 4.34. The van der Waals surface area contributed by atoms with Crippen LogP contribution in [0.3, 0.4) is 0 Å². The molecule has 8 heteroatoms. The molecule has 3 nitrogen and oxygen atoms in total. The molecule has 0 aliphatic carbocycles. The van der Waals surface area contributed by atoms with Gasteiger partial charge < -0.3 is 10.0 Å². The topological polar surface area (TPSA) is 40.5 Å². The number of benzene rings is 1. The molecule has 0 amide bonds. The predicted octanol–water partition coefficient (Wildman–Crippen LogP) is 2.68. The normalized spacial score (nSPS) is 11.6. The number of anilines is 1. The van der Waals surface area contributed by atoms with Crippen LogP contribution in [0.2, 0.25) is 0 Å². The van der Waals surface area contributed by atoms with Crippen molar-refractivity contribution in [1.82, 2.24) is 0 Å². The minimum atomic E-state index is -2.29. The minimum Gasteiger partial charge on any atom is -0.480 e. The first-order valence-electron chi connectivity index (χ1n) is 5.02. The molecule has 1 aromatic carbocycles. The van der Waals surface area contributed by atoms with E-state index in [9.17, 15) is 26.7 Å². The van der Waals surface area contributed by atoms with Gasteiger partial charge in [-0.2, -0.15) is 0 Å². The zero-order chi connectivity index (χ0) is 15.1. The van der Waals surface area contributed by atoms with E-state index in [0.717, 1.165) is 20.9 Å². The Hall–Kier alpha value is -1.86. The van der Waals surface area contributed by atoms with Crippen molar-refractivity contribution < 1.29 is 31.9 Å². The van der Waals surface area contributed by atoms with Crippen molar-refractivity contribution in [2.24, 2.45) is 0 Å². The van der Waals surface area contributed by atoms with Crippen molar-refractivity contribution in [1.29, 1.82) is 0 Å². The molecule has 0 heterocycles. The molecule has 0 saturated carbocycles. The van der Waals surface area contributed by atoms with Crippen LogP contribution in [0.1, 0.15) is 13.8 Å². The maximum atomic E-state index is 13.5. The number of carboxylic acid groups (broad SMARTS) is 1. The summed E-state index contributed by atoms with van der Waals surface area (Å²) in [6, 6.07) is 0. The van der Waals surface area contributed by atoms with Crippen LogP contribution in [0.5, 0.6) is 0 Å². The van der Waals surface area contributed by atoms with E-state index >= 15 is 0 Å². The number of likely N-dealkylation sites (N-methyl/N-ethyl adjacent to an activating group) is 1. The van der Waals surface area contributed by atoms with Gasteiger partial charge >= 0.3 is 5.97 Å². The quantitative estimate of drug-likeness (QED) is 0.527. The fourth-order valence-corrected chi connectivity index (χ4v) is 1.31. The molecule has 0 spiro atoms. The van der Waals surface area contributed by atoms with E-state index in [1.54, 1.807) is 0 Å². The summed E-state index contributed by atoms with van der Waals surface area (Å²) in [7, 11) is 0.923. The summed E-state index contributed by atoms with van der Waals surface area (Å²) in [5.41, 5.74) is -3.15. The van der Waals surface area contributed by atoms with Crippen molar-refractivity contribution in [2.75, 3.05) is 11.9 Å². The van der Waals surface area contributed by atoms with Crippen LogP contribution >= 0.6 is 0 Å². The lowest BCUT2D eigenvalue weighted by molar-refractivity contribution is -0.142. The standard InChI is InChI=1S/C11H10F5NO2/c1-11(2,10(18)19)17(3)9-7(15)5(13)4(12)6(14)8(9)16/h1-3H3,(H,18,19). The van der Waals surface area contributed by atoms with Gasteiger partial charge in [0.15, 0.2) is 23.3 Å². The second kappa shape index (κ2) is 4.67. The average molecular weight is 283 g/mol. The summed E-state index contributed by atoms with van der Waals surface area (Å²) in [6.45, 7) is 2.13. The molecule has 1 rings (SSSR count). The highest BCUT2D eigenvalue weighted by molar-refractivity contribution is 5.82. The van der Waals surface area contributed by atoms with Gasteiger partial charge in [-0.05, 0) is 13.8 Å². The first-order valence-corrected chi connectivity index (χ1v) is 5.02. The van der Waals surface area contributed by atoms with E-state index < -0.39 is 46.3 Å². The van der Waals surface area contributed by atoms with Crippen molar-refractivity contribution >= 4 is 11.7 Å². The van der Waals surface area contributed by atoms with E-state index in [4.69, 9.17) is 5.11 Å². The maximum absolute atomic E-state index is 13.5. The maximum Gasteiger partial charge on any atom is 0.328 e. The number of carboxylic acids is 1. The van der Waals surface area contributed by atoms with E-state index in [2.05, 4.69) is 0 Å². The van der Waals surface area contributed by atoms with Crippen molar-refractivity contribution in [2.45, 2.75) is 19.4 Å². The molecule has 19 heavy (non-hydrogen) atoms. The van der Waals surface area contributed by atoms with Gasteiger partial charge in [-0.1, -0.05) is 0 Å². The van der Waals surface area contributed by atoms with Crippen molar-refractivity contribution in [3.63, 3.8) is 0 Å². The first kappa shape index (κ1) is 15.2. The first-order chi connectivity index (χ1) is 8.53. The molecule has 0 aromatic heterocycles. The van der Waals surface area contributed by atoms with Gasteiger partial charge in [-0.25, -0.2) is 26.7 Å². The number of hydrogen-bond acceptors (Lipinski definition) is 2. The number of rotatable bonds is 3. The second-order valence-electron chi connectivity index (χ2n) is 4.34. The molecule has 1 N–H and O–H groups in total. The van der Waals surface area contributed by atoms with Crippen molar-refractivity contribution in [3.05, 3.63) is 29.1 Å². The zero-order valence-electron chi connectivity index (χ0n) is 10.2. The molecule has 106 valence electrons. The summed E-state index contributed by atoms with van der Waals surface area (Å²) in [5.74, 6) is -12.2. The fraction of sp³-hybridized carbons (Fsp3) is 0.364. The lowest BCUT2D eigenvalue weighted by atomic mass is 10.0. The molecular formula is C11H10F5NO2. The molecule has 0 aliphatic rings. The van der Waals surface area contributed by atoms with Crippen LogP contribution in [0.15, 0.2) is 0 Å². The molecule has 0 bridgehead atoms. The van der Waals surface area contributed by atoms with Gasteiger partial charge in [0.2, 0.25) is 5.82 Å². The summed E-state index contributed by atoms with van der Waals surface area (Å²) >= 11 is 0. The molecular weight excluding hydrogens is 273 g/mol. The summed E-state index contributed by atoms with van der Waals surface area (Å²) in [5, 5.41) is 8.90. The number of nitrogens with zero attached hydrogens (tertiary/aromatic N) is 1. The van der Waals surface area contributed by atoms with Crippen LogP contribution in [-0.2, 0) is 4.79 Å². The lowest BCUT2D eigenvalue weighted by Crippen LogP contribution is -2.49. The number of aliphatic carboxylic acids is 1. The molecule has 0 aliphatic heterocycles. The highest BCUT2D eigenvalue weighted by Crippen LogP contribution is 2.33. The van der Waals surface area contributed by atoms with Crippen LogP contribution in [-0.4, -0.2) is 23.7 Å². The Morgan fingerprint density at radius 1 is 0.947 bits per heavy atom. The van der Waals surface area contributed by atoms with Crippen LogP contribution in [0.25, 0.3) is 0 Å². The monoisotopic (exact) mass is 283 g/mol. The SMILES string of the molecule is CN(c1c(F)c(F)c(F)c(F)c1F)C(C)(C)C(=O)O.